The van der Waals surface area contributed by atoms with Crippen molar-refractivity contribution < 1.29 is 9.21 Å². The summed E-state index contributed by atoms with van der Waals surface area (Å²) in [5, 5.41) is 7.93. The predicted octanol–water partition coefficient (Wildman–Crippen LogP) is 1.65. The van der Waals surface area contributed by atoms with Gasteiger partial charge in [-0.1, -0.05) is 25.9 Å². The molecule has 1 aliphatic rings. The molecule has 2 rings (SSSR count). The van der Waals surface area contributed by atoms with Gasteiger partial charge in [0.15, 0.2) is 0 Å². The van der Waals surface area contributed by atoms with Gasteiger partial charge in [0.1, 0.15) is 0 Å². The zero-order valence-electron chi connectivity index (χ0n) is 10.3. The second kappa shape index (κ2) is 4.33. The van der Waals surface area contributed by atoms with E-state index in [-0.39, 0.29) is 17.2 Å². The molecule has 17 heavy (non-hydrogen) atoms. The van der Waals surface area contributed by atoms with E-state index in [4.69, 9.17) is 4.42 Å². The van der Waals surface area contributed by atoms with Crippen molar-refractivity contribution in [2.45, 2.75) is 32.6 Å². The molecule has 0 aromatic carbocycles. The molecule has 1 amide bonds. The normalized spacial score (nSPS) is 21.3. The summed E-state index contributed by atoms with van der Waals surface area (Å²) in [4.78, 5) is 13.3. The number of hydrogen-bond acceptors (Lipinski definition) is 5. The van der Waals surface area contributed by atoms with Crippen LogP contribution in [0.1, 0.15) is 33.1 Å². The van der Waals surface area contributed by atoms with Crippen molar-refractivity contribution in [1.29, 1.82) is 0 Å². The van der Waals surface area contributed by atoms with Crippen LogP contribution in [0.5, 0.6) is 0 Å². The number of rotatable bonds is 2. The molecule has 94 valence electrons. The molecule has 1 aliphatic heterocycles. The molecule has 6 heteroatoms. The van der Waals surface area contributed by atoms with Crippen LogP contribution in [0.25, 0.3) is 0 Å². The van der Waals surface area contributed by atoms with Crippen molar-refractivity contribution in [3.63, 3.8) is 0 Å². The van der Waals surface area contributed by atoms with Gasteiger partial charge in [-0.2, -0.15) is 12.6 Å². The third kappa shape index (κ3) is 2.46. The van der Waals surface area contributed by atoms with Gasteiger partial charge in [-0.05, 0) is 11.7 Å². The highest BCUT2D eigenvalue weighted by atomic mass is 32.1. The molecule has 1 aromatic heterocycles. The van der Waals surface area contributed by atoms with E-state index < -0.39 is 0 Å². The molecular formula is C11H17N3O2S. The molecule has 1 fully saturated rings. The molecule has 0 radical (unpaired) electrons. The Balaban J connectivity index is 2.19. The maximum absolute atomic E-state index is 11.8. The van der Waals surface area contributed by atoms with Crippen LogP contribution in [0.2, 0.25) is 0 Å². The van der Waals surface area contributed by atoms with E-state index in [0.29, 0.717) is 30.6 Å². The monoisotopic (exact) mass is 255 g/mol. The number of carbonyl (C=O) groups is 1. The topological polar surface area (TPSA) is 59.2 Å². The third-order valence-corrected chi connectivity index (χ3v) is 3.27. The smallest absolute Gasteiger partial charge is 0.325 e. The van der Waals surface area contributed by atoms with E-state index in [1.807, 2.05) is 20.8 Å². The number of amides is 1. The average molecular weight is 255 g/mol. The van der Waals surface area contributed by atoms with Gasteiger partial charge in [0.05, 0.1) is 0 Å². The Morgan fingerprint density at radius 2 is 2.18 bits per heavy atom. The van der Waals surface area contributed by atoms with E-state index in [1.165, 1.54) is 0 Å². The fourth-order valence-electron chi connectivity index (χ4n) is 1.72. The van der Waals surface area contributed by atoms with Crippen molar-refractivity contribution in [1.82, 2.24) is 10.2 Å². The Hall–Kier alpha value is -1.04. The van der Waals surface area contributed by atoms with Crippen LogP contribution in [0.4, 0.5) is 6.01 Å². The lowest BCUT2D eigenvalue weighted by molar-refractivity contribution is -0.117. The molecule has 1 unspecified atom stereocenters. The van der Waals surface area contributed by atoms with Crippen molar-refractivity contribution in [2.75, 3.05) is 17.2 Å². The van der Waals surface area contributed by atoms with Gasteiger partial charge in [0.25, 0.3) is 0 Å². The number of anilines is 1. The zero-order valence-corrected chi connectivity index (χ0v) is 11.2. The second-order valence-electron chi connectivity index (χ2n) is 5.40. The minimum Gasteiger partial charge on any atom is -0.407 e. The van der Waals surface area contributed by atoms with Crippen LogP contribution in [0.15, 0.2) is 4.42 Å². The molecule has 1 atom stereocenters. The number of carbonyl (C=O) groups excluding carboxylic acids is 1. The first kappa shape index (κ1) is 12.4. The summed E-state index contributed by atoms with van der Waals surface area (Å²) in [6, 6.07) is 0.309. The third-order valence-electron chi connectivity index (χ3n) is 2.75. The first-order valence-electron chi connectivity index (χ1n) is 5.67. The Labute approximate surface area is 106 Å². The molecule has 1 aromatic rings. The molecular weight excluding hydrogens is 238 g/mol. The number of aromatic nitrogens is 2. The predicted molar refractivity (Wildman–Crippen MR) is 67.3 cm³/mol. The Morgan fingerprint density at radius 3 is 2.65 bits per heavy atom. The molecule has 0 bridgehead atoms. The lowest BCUT2D eigenvalue weighted by Gasteiger charge is -2.13. The first-order chi connectivity index (χ1) is 7.91. The number of nitrogens with zero attached hydrogens (tertiary/aromatic N) is 3. The fourth-order valence-corrected chi connectivity index (χ4v) is 1.96. The summed E-state index contributed by atoms with van der Waals surface area (Å²) in [6.45, 7) is 6.60. The van der Waals surface area contributed by atoms with E-state index in [0.717, 1.165) is 0 Å². The van der Waals surface area contributed by atoms with Crippen molar-refractivity contribution in [3.8, 4) is 0 Å². The van der Waals surface area contributed by atoms with Gasteiger partial charge in [0, 0.05) is 18.4 Å². The molecule has 0 aliphatic carbocycles. The largest absolute Gasteiger partial charge is 0.407 e. The van der Waals surface area contributed by atoms with E-state index in [9.17, 15) is 4.79 Å². The van der Waals surface area contributed by atoms with E-state index in [1.54, 1.807) is 4.90 Å². The van der Waals surface area contributed by atoms with Gasteiger partial charge in [-0.25, -0.2) is 0 Å². The maximum atomic E-state index is 11.8. The standard InChI is InChI=1S/C11H17N3O2S/c1-11(2,3)9-12-13-10(16-9)14-5-7(6-17)4-8(14)15/h7,17H,4-6H2,1-3H3. The highest BCUT2D eigenvalue weighted by Crippen LogP contribution is 2.28. The Kier molecular flexibility index (Phi) is 3.16. The van der Waals surface area contributed by atoms with E-state index >= 15 is 0 Å². The maximum Gasteiger partial charge on any atom is 0.325 e. The van der Waals surface area contributed by atoms with Crippen molar-refractivity contribution in [3.05, 3.63) is 5.89 Å². The van der Waals surface area contributed by atoms with Gasteiger partial charge in [0.2, 0.25) is 11.8 Å². The molecule has 2 heterocycles. The van der Waals surface area contributed by atoms with Gasteiger partial charge >= 0.3 is 6.01 Å². The number of thiol groups is 1. The van der Waals surface area contributed by atoms with Crippen LogP contribution in [-0.4, -0.2) is 28.4 Å². The molecule has 0 saturated carbocycles. The fraction of sp³-hybridized carbons (Fsp3) is 0.727. The molecule has 0 N–H and O–H groups in total. The van der Waals surface area contributed by atoms with Crippen molar-refractivity contribution >= 4 is 24.6 Å². The van der Waals surface area contributed by atoms with Crippen LogP contribution < -0.4 is 4.90 Å². The lowest BCUT2D eigenvalue weighted by Crippen LogP contribution is -2.25. The van der Waals surface area contributed by atoms with Crippen LogP contribution in [0, 0.1) is 5.92 Å². The van der Waals surface area contributed by atoms with Crippen molar-refractivity contribution in [2.24, 2.45) is 5.92 Å². The molecule has 5 nitrogen and oxygen atoms in total. The van der Waals surface area contributed by atoms with Crippen LogP contribution >= 0.6 is 12.6 Å². The number of hydrogen-bond donors (Lipinski definition) is 1. The average Bonchev–Trinajstić information content (AvgIpc) is 2.82. The SMILES string of the molecule is CC(C)(C)c1nnc(N2CC(CS)CC2=O)o1. The summed E-state index contributed by atoms with van der Waals surface area (Å²) in [7, 11) is 0. The second-order valence-corrected chi connectivity index (χ2v) is 5.76. The van der Waals surface area contributed by atoms with Crippen LogP contribution in [0.3, 0.4) is 0 Å². The summed E-state index contributed by atoms with van der Waals surface area (Å²) in [5.41, 5.74) is -0.197. The summed E-state index contributed by atoms with van der Waals surface area (Å²) >= 11 is 4.21. The minimum absolute atomic E-state index is 0.0353. The zero-order chi connectivity index (χ0) is 12.6. The summed E-state index contributed by atoms with van der Waals surface area (Å²) in [5.74, 6) is 1.56. The summed E-state index contributed by atoms with van der Waals surface area (Å²) < 4.78 is 5.55. The quantitative estimate of drug-likeness (QED) is 0.816. The Morgan fingerprint density at radius 1 is 1.47 bits per heavy atom. The summed E-state index contributed by atoms with van der Waals surface area (Å²) in [6.07, 6.45) is 0.511. The van der Waals surface area contributed by atoms with Gasteiger partial charge in [-0.15, -0.1) is 5.10 Å². The lowest BCUT2D eigenvalue weighted by atomic mass is 9.97. The Bertz CT molecular complexity index is 425. The van der Waals surface area contributed by atoms with Gasteiger partial charge in [-0.3, -0.25) is 9.69 Å². The van der Waals surface area contributed by atoms with Gasteiger partial charge < -0.3 is 4.42 Å². The first-order valence-corrected chi connectivity index (χ1v) is 6.30. The van der Waals surface area contributed by atoms with Crippen LogP contribution in [-0.2, 0) is 10.2 Å². The minimum atomic E-state index is -0.197. The highest BCUT2D eigenvalue weighted by Gasteiger charge is 2.34. The highest BCUT2D eigenvalue weighted by molar-refractivity contribution is 7.80. The van der Waals surface area contributed by atoms with E-state index in [2.05, 4.69) is 22.8 Å². The molecule has 0 spiro atoms. The molecule has 1 saturated heterocycles.